The number of hydrogen-bond acceptors (Lipinski definition) is 3. The second kappa shape index (κ2) is 5.70. The van der Waals surface area contributed by atoms with E-state index in [1.54, 1.807) is 0 Å². The highest BCUT2D eigenvalue weighted by Gasteiger charge is 2.06. The van der Waals surface area contributed by atoms with Gasteiger partial charge in [-0.1, -0.05) is 31.2 Å². The molecule has 0 aliphatic carbocycles. The molecule has 0 spiro atoms. The summed E-state index contributed by atoms with van der Waals surface area (Å²) in [7, 11) is 0. The fourth-order valence-electron chi connectivity index (χ4n) is 2.27. The molecule has 1 N–H and O–H groups in total. The van der Waals surface area contributed by atoms with Crippen LogP contribution in [0.2, 0.25) is 0 Å². The van der Waals surface area contributed by atoms with Crippen LogP contribution < -0.4 is 5.32 Å². The van der Waals surface area contributed by atoms with E-state index in [0.717, 1.165) is 40.8 Å². The molecule has 2 aromatic heterocycles. The molecular weight excluding hydrogens is 246 g/mol. The van der Waals surface area contributed by atoms with Crippen molar-refractivity contribution in [2.75, 3.05) is 11.9 Å². The number of nitrogens with zero attached hydrogens (tertiary/aromatic N) is 2. The predicted molar refractivity (Wildman–Crippen MR) is 83.8 cm³/mol. The minimum Gasteiger partial charge on any atom is -0.385 e. The molecular formula is C17H17N3. The summed E-state index contributed by atoms with van der Waals surface area (Å²) in [6.07, 6.45) is 4.77. The smallest absolute Gasteiger partial charge is 0.0795 e. The number of para-hydroxylation sites is 1. The maximum atomic E-state index is 4.49. The molecule has 0 aliphatic heterocycles. The maximum absolute atomic E-state index is 4.49. The first-order valence-corrected chi connectivity index (χ1v) is 6.92. The summed E-state index contributed by atoms with van der Waals surface area (Å²) in [5, 5.41) is 4.53. The molecule has 0 fully saturated rings. The highest BCUT2D eigenvalue weighted by atomic mass is 14.9. The third kappa shape index (κ3) is 2.48. The molecule has 0 saturated heterocycles. The standard InChI is InChI=1S/C17H17N3/c1-2-9-18-14-8-11-19-16(12-14)15-7-3-5-13-6-4-10-20-17(13)15/h3-8,10-12H,2,9H2,1H3,(H,18,19). The average Bonchev–Trinajstić information content (AvgIpc) is 2.52. The Bertz CT molecular complexity index is 717. The number of benzene rings is 1. The lowest BCUT2D eigenvalue weighted by molar-refractivity contribution is 0.979. The second-order valence-corrected chi connectivity index (χ2v) is 4.74. The van der Waals surface area contributed by atoms with E-state index in [1.807, 2.05) is 30.6 Å². The summed E-state index contributed by atoms with van der Waals surface area (Å²) < 4.78 is 0. The fraction of sp³-hybridized carbons (Fsp3) is 0.176. The molecule has 0 amide bonds. The largest absolute Gasteiger partial charge is 0.385 e. The number of fused-ring (bicyclic) bond motifs is 1. The van der Waals surface area contributed by atoms with Gasteiger partial charge in [0.25, 0.3) is 0 Å². The van der Waals surface area contributed by atoms with Crippen LogP contribution in [0.15, 0.2) is 54.9 Å². The molecule has 1 aromatic carbocycles. The number of aromatic nitrogens is 2. The Balaban J connectivity index is 2.06. The Morgan fingerprint density at radius 1 is 1.00 bits per heavy atom. The van der Waals surface area contributed by atoms with Crippen molar-refractivity contribution < 1.29 is 0 Å². The van der Waals surface area contributed by atoms with Gasteiger partial charge in [0.05, 0.1) is 11.2 Å². The van der Waals surface area contributed by atoms with Crippen LogP contribution in [0.25, 0.3) is 22.2 Å². The van der Waals surface area contributed by atoms with E-state index < -0.39 is 0 Å². The van der Waals surface area contributed by atoms with E-state index in [2.05, 4.69) is 46.5 Å². The highest BCUT2D eigenvalue weighted by Crippen LogP contribution is 2.26. The minimum atomic E-state index is 0.954. The normalized spacial score (nSPS) is 10.7. The Hall–Kier alpha value is -2.42. The minimum absolute atomic E-state index is 0.954. The molecule has 0 unspecified atom stereocenters. The van der Waals surface area contributed by atoms with Crippen molar-refractivity contribution in [3.05, 3.63) is 54.9 Å². The maximum Gasteiger partial charge on any atom is 0.0795 e. The average molecular weight is 263 g/mol. The monoisotopic (exact) mass is 263 g/mol. The SMILES string of the molecule is CCCNc1ccnc(-c2cccc3cccnc23)c1. The van der Waals surface area contributed by atoms with Crippen molar-refractivity contribution in [3.63, 3.8) is 0 Å². The molecule has 2 heterocycles. The molecule has 3 aromatic rings. The van der Waals surface area contributed by atoms with Gasteiger partial charge in [-0.2, -0.15) is 0 Å². The first kappa shape index (κ1) is 12.6. The van der Waals surface area contributed by atoms with E-state index in [4.69, 9.17) is 0 Å². The van der Waals surface area contributed by atoms with Crippen LogP contribution in [0.1, 0.15) is 13.3 Å². The molecule has 20 heavy (non-hydrogen) atoms. The first-order chi connectivity index (χ1) is 9.88. The van der Waals surface area contributed by atoms with Gasteiger partial charge in [-0.15, -0.1) is 0 Å². The summed E-state index contributed by atoms with van der Waals surface area (Å²) in [6, 6.07) is 14.3. The van der Waals surface area contributed by atoms with Crippen LogP contribution in [0.5, 0.6) is 0 Å². The summed E-state index contributed by atoms with van der Waals surface area (Å²) in [5.74, 6) is 0. The number of rotatable bonds is 4. The number of hydrogen-bond donors (Lipinski definition) is 1. The zero-order valence-corrected chi connectivity index (χ0v) is 11.5. The summed E-state index contributed by atoms with van der Waals surface area (Å²) in [4.78, 5) is 8.98. The Labute approximate surface area is 118 Å². The summed E-state index contributed by atoms with van der Waals surface area (Å²) in [5.41, 5.74) is 4.12. The second-order valence-electron chi connectivity index (χ2n) is 4.74. The lowest BCUT2D eigenvalue weighted by Crippen LogP contribution is -2.00. The van der Waals surface area contributed by atoms with Crippen molar-refractivity contribution >= 4 is 16.6 Å². The van der Waals surface area contributed by atoms with E-state index >= 15 is 0 Å². The fourth-order valence-corrected chi connectivity index (χ4v) is 2.27. The van der Waals surface area contributed by atoms with Gasteiger partial charge >= 0.3 is 0 Å². The van der Waals surface area contributed by atoms with Gasteiger partial charge in [0.15, 0.2) is 0 Å². The number of nitrogens with one attached hydrogen (secondary N) is 1. The van der Waals surface area contributed by atoms with Gasteiger partial charge in [0.2, 0.25) is 0 Å². The molecule has 0 saturated carbocycles. The van der Waals surface area contributed by atoms with Gasteiger partial charge in [-0.3, -0.25) is 9.97 Å². The van der Waals surface area contributed by atoms with Gasteiger partial charge in [0, 0.05) is 35.6 Å². The van der Waals surface area contributed by atoms with Gasteiger partial charge in [-0.25, -0.2) is 0 Å². The Kier molecular flexibility index (Phi) is 3.59. The predicted octanol–water partition coefficient (Wildman–Crippen LogP) is 4.12. The summed E-state index contributed by atoms with van der Waals surface area (Å²) in [6.45, 7) is 3.13. The number of anilines is 1. The van der Waals surface area contributed by atoms with Gasteiger partial charge < -0.3 is 5.32 Å². The molecule has 100 valence electrons. The lowest BCUT2D eigenvalue weighted by Gasteiger charge is -2.08. The molecule has 0 radical (unpaired) electrons. The topological polar surface area (TPSA) is 37.8 Å². The van der Waals surface area contributed by atoms with Crippen molar-refractivity contribution in [3.8, 4) is 11.3 Å². The van der Waals surface area contributed by atoms with Crippen LogP contribution in [0.3, 0.4) is 0 Å². The molecule has 0 atom stereocenters. The first-order valence-electron chi connectivity index (χ1n) is 6.92. The van der Waals surface area contributed by atoms with Crippen LogP contribution in [0, 0.1) is 0 Å². The molecule has 0 bridgehead atoms. The Morgan fingerprint density at radius 2 is 1.90 bits per heavy atom. The van der Waals surface area contributed by atoms with Crippen LogP contribution in [0.4, 0.5) is 5.69 Å². The Morgan fingerprint density at radius 3 is 2.80 bits per heavy atom. The third-order valence-corrected chi connectivity index (χ3v) is 3.25. The van der Waals surface area contributed by atoms with Crippen LogP contribution >= 0.6 is 0 Å². The van der Waals surface area contributed by atoms with E-state index in [-0.39, 0.29) is 0 Å². The number of pyridine rings is 2. The van der Waals surface area contributed by atoms with E-state index in [1.165, 1.54) is 0 Å². The van der Waals surface area contributed by atoms with Crippen molar-refractivity contribution in [1.82, 2.24) is 9.97 Å². The lowest BCUT2D eigenvalue weighted by atomic mass is 10.1. The van der Waals surface area contributed by atoms with Crippen LogP contribution in [-0.4, -0.2) is 16.5 Å². The van der Waals surface area contributed by atoms with E-state index in [9.17, 15) is 0 Å². The van der Waals surface area contributed by atoms with Crippen molar-refractivity contribution in [2.24, 2.45) is 0 Å². The molecule has 0 aliphatic rings. The molecule has 3 heteroatoms. The zero-order valence-electron chi connectivity index (χ0n) is 11.5. The third-order valence-electron chi connectivity index (χ3n) is 3.25. The van der Waals surface area contributed by atoms with Crippen LogP contribution in [-0.2, 0) is 0 Å². The molecule has 3 nitrogen and oxygen atoms in total. The van der Waals surface area contributed by atoms with E-state index in [0.29, 0.717) is 0 Å². The van der Waals surface area contributed by atoms with Crippen molar-refractivity contribution in [1.29, 1.82) is 0 Å². The van der Waals surface area contributed by atoms with Gasteiger partial charge in [0.1, 0.15) is 0 Å². The van der Waals surface area contributed by atoms with Gasteiger partial charge in [-0.05, 0) is 24.6 Å². The quantitative estimate of drug-likeness (QED) is 0.769. The molecule has 3 rings (SSSR count). The highest BCUT2D eigenvalue weighted by molar-refractivity contribution is 5.92. The van der Waals surface area contributed by atoms with Crippen molar-refractivity contribution in [2.45, 2.75) is 13.3 Å². The summed E-state index contributed by atoms with van der Waals surface area (Å²) >= 11 is 0. The zero-order chi connectivity index (χ0) is 13.8.